The molecule has 0 atom stereocenters. The molecule has 1 aromatic carbocycles. The first kappa shape index (κ1) is 10.7. The van der Waals surface area contributed by atoms with Crippen LogP contribution in [0, 0.1) is 17.7 Å². The first-order valence-electron chi connectivity index (χ1n) is 4.27. The molecule has 0 radical (unpaired) electrons. The molecule has 1 rings (SSSR count). The Bertz CT molecular complexity index is 363. The lowest BCUT2D eigenvalue weighted by Crippen LogP contribution is -1.93. The van der Waals surface area contributed by atoms with Crippen molar-refractivity contribution in [1.29, 1.82) is 0 Å². The van der Waals surface area contributed by atoms with Gasteiger partial charge in [0.15, 0.2) is 0 Å². The van der Waals surface area contributed by atoms with Crippen LogP contribution in [0.5, 0.6) is 0 Å². The minimum Gasteiger partial charge on any atom is -0.395 e. The zero-order valence-electron chi connectivity index (χ0n) is 7.63. The molecule has 0 unspecified atom stereocenters. The first-order valence-corrected chi connectivity index (χ1v) is 4.27. The van der Waals surface area contributed by atoms with Gasteiger partial charge in [-0.1, -0.05) is 24.0 Å². The van der Waals surface area contributed by atoms with Crippen molar-refractivity contribution < 1.29 is 14.6 Å². The molecule has 74 valence electrons. The second-order valence-electron chi connectivity index (χ2n) is 2.71. The highest BCUT2D eigenvalue weighted by molar-refractivity contribution is 5.38. The Morgan fingerprint density at radius 2 is 2.07 bits per heavy atom. The third-order valence-corrected chi connectivity index (χ3v) is 1.71. The first-order chi connectivity index (χ1) is 6.79. The fraction of sp³-hybridized carbons (Fsp3) is 0.273. The van der Waals surface area contributed by atoms with Gasteiger partial charge in [-0.25, -0.2) is 4.39 Å². The lowest BCUT2D eigenvalue weighted by Gasteiger charge is -1.99. The normalized spacial score (nSPS) is 9.36. The number of rotatable bonds is 2. The summed E-state index contributed by atoms with van der Waals surface area (Å²) in [6.45, 7) is -0.365. The Kier molecular flexibility index (Phi) is 4.11. The smallest absolute Gasteiger partial charge is 0.144 e. The molecule has 3 heteroatoms. The van der Waals surface area contributed by atoms with Crippen molar-refractivity contribution in [2.75, 3.05) is 6.61 Å². The van der Waals surface area contributed by atoms with Crippen LogP contribution in [0.2, 0.25) is 0 Å². The average Bonchev–Trinajstić information content (AvgIpc) is 2.21. The predicted molar refractivity (Wildman–Crippen MR) is 50.9 cm³/mol. The summed E-state index contributed by atoms with van der Waals surface area (Å²) in [7, 11) is 0. The van der Waals surface area contributed by atoms with Crippen LogP contribution >= 0.6 is 0 Å². The van der Waals surface area contributed by atoms with Crippen LogP contribution < -0.4 is 0 Å². The third kappa shape index (κ3) is 2.56. The largest absolute Gasteiger partial charge is 0.395 e. The Hall–Kier alpha value is -1.37. The molecule has 0 amide bonds. The summed E-state index contributed by atoms with van der Waals surface area (Å²) in [5.74, 6) is 4.73. The van der Waals surface area contributed by atoms with Gasteiger partial charge in [0, 0.05) is 12.0 Å². The molecule has 0 saturated heterocycles. The van der Waals surface area contributed by atoms with E-state index < -0.39 is 5.82 Å². The fourth-order valence-corrected chi connectivity index (χ4v) is 1.01. The molecular weight excluding hydrogens is 183 g/mol. The van der Waals surface area contributed by atoms with E-state index in [0.717, 1.165) is 0 Å². The minimum atomic E-state index is -0.486. The van der Waals surface area contributed by atoms with Gasteiger partial charge in [-0.05, 0) is 6.07 Å². The van der Waals surface area contributed by atoms with Crippen molar-refractivity contribution >= 4 is 0 Å². The van der Waals surface area contributed by atoms with Crippen LogP contribution in [0.4, 0.5) is 4.39 Å². The van der Waals surface area contributed by atoms with Gasteiger partial charge in [-0.15, -0.1) is 0 Å². The fourth-order valence-electron chi connectivity index (χ4n) is 1.01. The molecule has 2 nitrogen and oxygen atoms in total. The number of benzene rings is 1. The zero-order chi connectivity index (χ0) is 10.4. The van der Waals surface area contributed by atoms with E-state index in [2.05, 4.69) is 11.8 Å². The summed E-state index contributed by atoms with van der Waals surface area (Å²) < 4.78 is 13.4. The Morgan fingerprint density at radius 1 is 1.29 bits per heavy atom. The molecule has 0 heterocycles. The predicted octanol–water partition coefficient (Wildman–Crippen LogP) is 1.05. The van der Waals surface area contributed by atoms with Crippen molar-refractivity contribution in [3.8, 4) is 11.8 Å². The Morgan fingerprint density at radius 3 is 2.71 bits per heavy atom. The second kappa shape index (κ2) is 5.38. The molecule has 0 saturated carbocycles. The van der Waals surface area contributed by atoms with Gasteiger partial charge in [-0.2, -0.15) is 0 Å². The molecule has 0 aromatic heterocycles. The molecule has 0 fully saturated rings. The van der Waals surface area contributed by atoms with Gasteiger partial charge >= 0.3 is 0 Å². The zero-order valence-corrected chi connectivity index (χ0v) is 7.63. The summed E-state index contributed by atoms with van der Waals surface area (Å²) in [4.78, 5) is 0. The maximum atomic E-state index is 13.4. The highest BCUT2D eigenvalue weighted by Gasteiger charge is 2.03. The second-order valence-corrected chi connectivity index (χ2v) is 2.71. The highest BCUT2D eigenvalue weighted by atomic mass is 19.1. The number of hydrogen-bond acceptors (Lipinski definition) is 2. The van der Waals surface area contributed by atoms with E-state index in [1.807, 2.05) is 0 Å². The third-order valence-electron chi connectivity index (χ3n) is 1.71. The number of hydrogen-bond donors (Lipinski definition) is 2. The molecule has 0 spiro atoms. The van der Waals surface area contributed by atoms with Gasteiger partial charge in [0.05, 0.1) is 18.8 Å². The number of aliphatic hydroxyl groups is 2. The molecule has 14 heavy (non-hydrogen) atoms. The highest BCUT2D eigenvalue weighted by Crippen LogP contribution is 2.11. The summed E-state index contributed by atoms with van der Waals surface area (Å²) in [5.41, 5.74) is 0.491. The van der Waals surface area contributed by atoms with Gasteiger partial charge in [0.2, 0.25) is 0 Å². The van der Waals surface area contributed by atoms with Gasteiger partial charge in [0.1, 0.15) is 5.82 Å². The van der Waals surface area contributed by atoms with Crippen LogP contribution in [-0.2, 0) is 6.61 Å². The molecule has 0 aliphatic heterocycles. The number of halogens is 1. The van der Waals surface area contributed by atoms with E-state index in [9.17, 15) is 4.39 Å². The van der Waals surface area contributed by atoms with Crippen molar-refractivity contribution in [3.63, 3.8) is 0 Å². The quantitative estimate of drug-likeness (QED) is 0.691. The van der Waals surface area contributed by atoms with Crippen molar-refractivity contribution in [3.05, 3.63) is 35.1 Å². The van der Waals surface area contributed by atoms with Crippen molar-refractivity contribution in [1.82, 2.24) is 0 Å². The van der Waals surface area contributed by atoms with Crippen molar-refractivity contribution in [2.24, 2.45) is 0 Å². The van der Waals surface area contributed by atoms with E-state index in [1.54, 1.807) is 12.1 Å². The van der Waals surface area contributed by atoms with Crippen LogP contribution in [0.15, 0.2) is 18.2 Å². The maximum Gasteiger partial charge on any atom is 0.144 e. The lowest BCUT2D eigenvalue weighted by molar-refractivity contribution is 0.275. The molecule has 0 aliphatic rings. The van der Waals surface area contributed by atoms with E-state index in [-0.39, 0.29) is 24.3 Å². The van der Waals surface area contributed by atoms with Gasteiger partial charge in [-0.3, -0.25) is 0 Å². The number of aliphatic hydroxyl groups excluding tert-OH is 2. The maximum absolute atomic E-state index is 13.4. The average molecular weight is 194 g/mol. The SMILES string of the molecule is OCCC#Cc1cccc(CO)c1F. The molecule has 1 aromatic rings. The van der Waals surface area contributed by atoms with E-state index >= 15 is 0 Å². The van der Waals surface area contributed by atoms with E-state index in [1.165, 1.54) is 6.07 Å². The van der Waals surface area contributed by atoms with Crippen LogP contribution in [0.25, 0.3) is 0 Å². The van der Waals surface area contributed by atoms with Crippen molar-refractivity contribution in [2.45, 2.75) is 13.0 Å². The van der Waals surface area contributed by atoms with Crippen LogP contribution in [-0.4, -0.2) is 16.8 Å². The Balaban J connectivity index is 2.94. The summed E-state index contributed by atoms with van der Waals surface area (Å²) in [6.07, 6.45) is 0.322. The summed E-state index contributed by atoms with van der Waals surface area (Å²) in [5, 5.41) is 17.3. The Labute approximate surface area is 82.0 Å². The minimum absolute atomic E-state index is 0.0334. The molecule has 2 N–H and O–H groups in total. The topological polar surface area (TPSA) is 40.5 Å². The molecule has 0 bridgehead atoms. The van der Waals surface area contributed by atoms with Gasteiger partial charge < -0.3 is 10.2 Å². The molecule has 0 aliphatic carbocycles. The summed E-state index contributed by atoms with van der Waals surface area (Å²) in [6, 6.07) is 4.68. The molecular formula is C11H11FO2. The summed E-state index contributed by atoms with van der Waals surface area (Å²) >= 11 is 0. The van der Waals surface area contributed by atoms with Gasteiger partial charge in [0.25, 0.3) is 0 Å². The van der Waals surface area contributed by atoms with E-state index in [4.69, 9.17) is 10.2 Å². The standard InChI is InChI=1S/C11H11FO2/c12-11-9(4-1-2-7-13)5-3-6-10(11)8-14/h3,5-6,13-14H,2,7-8H2. The van der Waals surface area contributed by atoms with Crippen LogP contribution in [0.1, 0.15) is 17.5 Å². The van der Waals surface area contributed by atoms with Crippen LogP contribution in [0.3, 0.4) is 0 Å². The lowest BCUT2D eigenvalue weighted by atomic mass is 10.1. The monoisotopic (exact) mass is 194 g/mol. The van der Waals surface area contributed by atoms with E-state index in [0.29, 0.717) is 6.42 Å².